The normalized spacial score (nSPS) is 11.0. The van der Waals surface area contributed by atoms with Crippen LogP contribution < -0.4 is 4.28 Å². The predicted molar refractivity (Wildman–Crippen MR) is 68.8 cm³/mol. The smallest absolute Gasteiger partial charge is 0.283 e. The minimum atomic E-state index is -3.94. The molecule has 1 aromatic heterocycles. The topological polar surface area (TPSA) is 72.1 Å². The van der Waals surface area contributed by atoms with Gasteiger partial charge in [0, 0.05) is 0 Å². The molecule has 0 aliphatic carbocycles. The van der Waals surface area contributed by atoms with E-state index in [2.05, 4.69) is 0 Å². The molecule has 0 radical (unpaired) electrons. The summed E-state index contributed by atoms with van der Waals surface area (Å²) < 4.78 is 30.2. The first-order chi connectivity index (χ1) is 8.94. The average Bonchev–Trinajstić information content (AvgIpc) is 2.70. The predicted octanol–water partition coefficient (Wildman–Crippen LogP) is 1.79. The molecule has 0 fully saturated rings. The number of nitrogens with zero attached hydrogens (tertiary/aromatic N) is 2. The highest BCUT2D eigenvalue weighted by atomic mass is 32.2. The van der Waals surface area contributed by atoms with Gasteiger partial charge in [0.15, 0.2) is 5.69 Å². The lowest BCUT2D eigenvalue weighted by atomic mass is 10.2. The van der Waals surface area contributed by atoms with E-state index in [0.717, 1.165) is 10.3 Å². The maximum atomic E-state index is 12.1. The zero-order valence-corrected chi connectivity index (χ0v) is 11.3. The highest BCUT2D eigenvalue weighted by Crippen LogP contribution is 2.14. The standard InChI is InChI=1S/C13H12N2O3S/c1-10-3-7-13(8-4-10)19(16,17)18-15-11(2)5-6-12(15)9-14/h3-8H,1-2H3. The van der Waals surface area contributed by atoms with Gasteiger partial charge in [-0.1, -0.05) is 17.7 Å². The first kappa shape index (κ1) is 13.2. The van der Waals surface area contributed by atoms with Crippen LogP contribution in [0.1, 0.15) is 17.0 Å². The molecule has 0 amide bonds. The van der Waals surface area contributed by atoms with Crippen LogP contribution in [0, 0.1) is 25.2 Å². The molecule has 2 aromatic rings. The van der Waals surface area contributed by atoms with Crippen LogP contribution in [0.2, 0.25) is 0 Å². The molecular weight excluding hydrogens is 264 g/mol. The second-order valence-corrected chi connectivity index (χ2v) is 5.64. The fraction of sp³-hybridized carbons (Fsp3) is 0.154. The van der Waals surface area contributed by atoms with E-state index in [1.165, 1.54) is 18.2 Å². The van der Waals surface area contributed by atoms with E-state index in [0.29, 0.717) is 5.69 Å². The van der Waals surface area contributed by atoms with Gasteiger partial charge >= 0.3 is 10.1 Å². The Morgan fingerprint density at radius 3 is 2.32 bits per heavy atom. The van der Waals surface area contributed by atoms with Crippen molar-refractivity contribution >= 4 is 10.1 Å². The van der Waals surface area contributed by atoms with Crippen LogP contribution in [0.4, 0.5) is 0 Å². The van der Waals surface area contributed by atoms with Crippen LogP contribution in [0.5, 0.6) is 0 Å². The second kappa shape index (κ2) is 4.78. The van der Waals surface area contributed by atoms with Crippen molar-refractivity contribution in [1.82, 2.24) is 4.73 Å². The van der Waals surface area contributed by atoms with Crippen LogP contribution in [-0.4, -0.2) is 13.1 Å². The molecule has 6 heteroatoms. The molecular formula is C13H12N2O3S. The van der Waals surface area contributed by atoms with Crippen molar-refractivity contribution in [2.75, 3.05) is 0 Å². The Hall–Kier alpha value is -2.26. The zero-order valence-electron chi connectivity index (χ0n) is 10.5. The average molecular weight is 276 g/mol. The van der Waals surface area contributed by atoms with Crippen molar-refractivity contribution in [3.8, 4) is 6.07 Å². The van der Waals surface area contributed by atoms with Crippen LogP contribution >= 0.6 is 0 Å². The highest BCUT2D eigenvalue weighted by Gasteiger charge is 2.19. The molecule has 0 aliphatic rings. The van der Waals surface area contributed by atoms with Crippen molar-refractivity contribution in [2.24, 2.45) is 0 Å². The van der Waals surface area contributed by atoms with Gasteiger partial charge in [-0.3, -0.25) is 4.28 Å². The number of hydrogen-bond acceptors (Lipinski definition) is 4. The van der Waals surface area contributed by atoms with Crippen molar-refractivity contribution in [3.63, 3.8) is 0 Å². The number of aryl methyl sites for hydroxylation is 2. The Kier molecular flexibility index (Phi) is 3.32. The van der Waals surface area contributed by atoms with Gasteiger partial charge in [-0.25, -0.2) is 0 Å². The second-order valence-electron chi connectivity index (χ2n) is 4.11. The molecule has 0 bridgehead atoms. The van der Waals surface area contributed by atoms with Gasteiger partial charge in [-0.2, -0.15) is 18.4 Å². The van der Waals surface area contributed by atoms with Crippen LogP contribution in [-0.2, 0) is 10.1 Å². The van der Waals surface area contributed by atoms with Crippen molar-refractivity contribution in [3.05, 3.63) is 53.3 Å². The lowest BCUT2D eigenvalue weighted by Gasteiger charge is -2.10. The van der Waals surface area contributed by atoms with Crippen molar-refractivity contribution in [1.29, 1.82) is 5.26 Å². The van der Waals surface area contributed by atoms with E-state index in [4.69, 9.17) is 9.55 Å². The zero-order chi connectivity index (χ0) is 14.0. The summed E-state index contributed by atoms with van der Waals surface area (Å²) in [6, 6.07) is 11.3. The van der Waals surface area contributed by atoms with Crippen molar-refractivity contribution in [2.45, 2.75) is 18.7 Å². The largest absolute Gasteiger partial charge is 0.357 e. The van der Waals surface area contributed by atoms with Crippen LogP contribution in [0.3, 0.4) is 0 Å². The van der Waals surface area contributed by atoms with Crippen LogP contribution in [0.25, 0.3) is 0 Å². The number of aromatic nitrogens is 1. The number of hydrogen-bond donors (Lipinski definition) is 0. The van der Waals surface area contributed by atoms with Gasteiger partial charge in [0.1, 0.15) is 11.0 Å². The quantitative estimate of drug-likeness (QED) is 0.856. The Labute approximate surface area is 111 Å². The first-order valence-electron chi connectivity index (χ1n) is 5.54. The third kappa shape index (κ3) is 2.61. The summed E-state index contributed by atoms with van der Waals surface area (Å²) in [6.07, 6.45) is 0. The molecule has 2 rings (SSSR count). The summed E-state index contributed by atoms with van der Waals surface area (Å²) in [5.74, 6) is 0. The van der Waals surface area contributed by atoms with E-state index in [1.807, 2.05) is 13.0 Å². The number of benzene rings is 1. The molecule has 5 nitrogen and oxygen atoms in total. The minimum Gasteiger partial charge on any atom is -0.283 e. The maximum absolute atomic E-state index is 12.1. The summed E-state index contributed by atoms with van der Waals surface area (Å²) in [4.78, 5) is 0.0510. The summed E-state index contributed by atoms with van der Waals surface area (Å²) in [5.41, 5.74) is 1.62. The fourth-order valence-electron chi connectivity index (χ4n) is 1.55. The molecule has 98 valence electrons. The third-order valence-electron chi connectivity index (χ3n) is 2.62. The molecule has 1 heterocycles. The fourth-order valence-corrected chi connectivity index (χ4v) is 2.50. The lowest BCUT2D eigenvalue weighted by molar-refractivity contribution is 0.270. The molecule has 0 spiro atoms. The van der Waals surface area contributed by atoms with Crippen molar-refractivity contribution < 1.29 is 12.7 Å². The molecule has 19 heavy (non-hydrogen) atoms. The third-order valence-corrected chi connectivity index (χ3v) is 3.81. The maximum Gasteiger partial charge on any atom is 0.357 e. The SMILES string of the molecule is Cc1ccc(S(=O)(=O)On2c(C)ccc2C#N)cc1. The molecule has 0 saturated carbocycles. The van der Waals surface area contributed by atoms with E-state index in [-0.39, 0.29) is 10.6 Å². The first-order valence-corrected chi connectivity index (χ1v) is 6.95. The molecule has 0 saturated heterocycles. The summed E-state index contributed by atoms with van der Waals surface area (Å²) in [6.45, 7) is 3.52. The van der Waals surface area contributed by atoms with Gasteiger partial charge in [0.25, 0.3) is 0 Å². The lowest BCUT2D eigenvalue weighted by Crippen LogP contribution is -2.22. The Morgan fingerprint density at radius 2 is 1.74 bits per heavy atom. The van der Waals surface area contributed by atoms with E-state index < -0.39 is 10.1 Å². The monoisotopic (exact) mass is 276 g/mol. The van der Waals surface area contributed by atoms with E-state index in [9.17, 15) is 8.42 Å². The summed E-state index contributed by atoms with van der Waals surface area (Å²) in [5, 5.41) is 8.89. The number of rotatable bonds is 3. The summed E-state index contributed by atoms with van der Waals surface area (Å²) >= 11 is 0. The van der Waals surface area contributed by atoms with E-state index in [1.54, 1.807) is 25.1 Å². The van der Waals surface area contributed by atoms with Gasteiger partial charge in [-0.05, 0) is 38.1 Å². The Balaban J connectivity index is 2.39. The molecule has 0 aliphatic heterocycles. The Morgan fingerprint density at radius 1 is 1.11 bits per heavy atom. The van der Waals surface area contributed by atoms with Gasteiger partial charge in [0.05, 0.1) is 5.69 Å². The summed E-state index contributed by atoms with van der Waals surface area (Å²) in [7, 11) is -3.94. The van der Waals surface area contributed by atoms with Crippen LogP contribution in [0.15, 0.2) is 41.3 Å². The highest BCUT2D eigenvalue weighted by molar-refractivity contribution is 7.87. The Bertz CT molecular complexity index is 737. The number of nitriles is 1. The van der Waals surface area contributed by atoms with Gasteiger partial charge in [-0.15, -0.1) is 0 Å². The van der Waals surface area contributed by atoms with Gasteiger partial charge < -0.3 is 0 Å². The van der Waals surface area contributed by atoms with Gasteiger partial charge in [0.2, 0.25) is 0 Å². The molecule has 0 atom stereocenters. The molecule has 0 unspecified atom stereocenters. The minimum absolute atomic E-state index is 0.0510. The van der Waals surface area contributed by atoms with E-state index >= 15 is 0 Å². The molecule has 1 aromatic carbocycles. The molecule has 0 N–H and O–H groups in total.